The molecular weight excluding hydrogens is 124 g/mol. The maximum atomic E-state index is 4.00. The summed E-state index contributed by atoms with van der Waals surface area (Å²) in [6.07, 6.45) is 8.00. The van der Waals surface area contributed by atoms with Crippen LogP contribution in [0.2, 0.25) is 0 Å². The van der Waals surface area contributed by atoms with Crippen molar-refractivity contribution >= 4 is 0 Å². The third-order valence-electron chi connectivity index (χ3n) is 1.73. The first kappa shape index (κ1) is 9.48. The van der Waals surface area contributed by atoms with Crippen LogP contribution in [-0.2, 0) is 0 Å². The van der Waals surface area contributed by atoms with Crippen LogP contribution in [0, 0.1) is 12.8 Å². The Kier molecular flexibility index (Phi) is 5.00. The summed E-state index contributed by atoms with van der Waals surface area (Å²) in [4.78, 5) is 4.72. The predicted octanol–water partition coefficient (Wildman–Crippen LogP) is 0.113. The lowest BCUT2D eigenvalue weighted by Crippen LogP contribution is -2.42. The van der Waals surface area contributed by atoms with E-state index in [4.69, 9.17) is 0 Å². The van der Waals surface area contributed by atoms with Gasteiger partial charge in [-0.05, 0) is 14.1 Å². The minimum absolute atomic E-state index is 1.23. The van der Waals surface area contributed by atoms with Gasteiger partial charge in [0, 0.05) is 26.2 Å². The molecule has 1 heterocycles. The van der Waals surface area contributed by atoms with E-state index in [0.29, 0.717) is 0 Å². The Morgan fingerprint density at radius 3 is 1.20 bits per heavy atom. The molecule has 1 rings (SSSR count). The van der Waals surface area contributed by atoms with Crippen molar-refractivity contribution < 1.29 is 0 Å². The summed E-state index contributed by atoms with van der Waals surface area (Å²) in [5.74, 6) is 0. The fraction of sp³-hybridized carbons (Fsp3) is 0.750. The van der Waals surface area contributed by atoms with E-state index in [1.807, 2.05) is 0 Å². The second-order valence-corrected chi connectivity index (χ2v) is 2.61. The zero-order valence-electron chi connectivity index (χ0n) is 6.88. The number of terminal acetylenes is 1. The molecule has 0 atom stereocenters. The lowest BCUT2D eigenvalue weighted by molar-refractivity contribution is 0.181. The monoisotopic (exact) mass is 140 g/mol. The van der Waals surface area contributed by atoms with E-state index in [1.165, 1.54) is 26.2 Å². The molecule has 0 N–H and O–H groups in total. The quantitative estimate of drug-likeness (QED) is 0.441. The molecule has 2 heteroatoms. The molecule has 1 saturated heterocycles. The summed E-state index contributed by atoms with van der Waals surface area (Å²) < 4.78 is 0. The highest BCUT2D eigenvalue weighted by Gasteiger charge is 2.07. The van der Waals surface area contributed by atoms with Crippen molar-refractivity contribution in [2.24, 2.45) is 0 Å². The van der Waals surface area contributed by atoms with Crippen molar-refractivity contribution in [2.45, 2.75) is 0 Å². The lowest BCUT2D eigenvalue weighted by Gasteiger charge is -2.28. The molecule has 0 aromatic heterocycles. The molecule has 0 aromatic rings. The van der Waals surface area contributed by atoms with Crippen molar-refractivity contribution in [1.82, 2.24) is 9.80 Å². The van der Waals surface area contributed by atoms with Gasteiger partial charge in [-0.2, -0.15) is 0 Å². The van der Waals surface area contributed by atoms with Crippen LogP contribution >= 0.6 is 0 Å². The Bertz CT molecular complexity index is 80.7. The number of nitrogens with zero attached hydrogens (tertiary/aromatic N) is 2. The highest BCUT2D eigenvalue weighted by Crippen LogP contribution is 1.93. The Hall–Kier alpha value is -0.520. The average Bonchev–Trinajstić information content (AvgIpc) is 2.00. The summed E-state index contributed by atoms with van der Waals surface area (Å²) in [7, 11) is 4.35. The van der Waals surface area contributed by atoms with Crippen LogP contribution in [0.3, 0.4) is 0 Å². The average molecular weight is 140 g/mol. The number of rotatable bonds is 0. The van der Waals surface area contributed by atoms with Gasteiger partial charge in [0.25, 0.3) is 0 Å². The van der Waals surface area contributed by atoms with Crippen LogP contribution in [-0.4, -0.2) is 50.1 Å². The maximum absolute atomic E-state index is 4.00. The summed E-state index contributed by atoms with van der Waals surface area (Å²) >= 11 is 0. The fourth-order valence-electron chi connectivity index (χ4n) is 0.906. The summed E-state index contributed by atoms with van der Waals surface area (Å²) in [5.41, 5.74) is 0. The van der Waals surface area contributed by atoms with Crippen molar-refractivity contribution in [3.05, 3.63) is 0 Å². The van der Waals surface area contributed by atoms with Gasteiger partial charge in [0.2, 0.25) is 0 Å². The van der Waals surface area contributed by atoms with Crippen molar-refractivity contribution in [1.29, 1.82) is 0 Å². The second-order valence-electron chi connectivity index (χ2n) is 2.61. The Balaban J connectivity index is 0.000000371. The molecule has 0 aromatic carbocycles. The van der Waals surface area contributed by atoms with Crippen LogP contribution in [0.1, 0.15) is 0 Å². The largest absolute Gasteiger partial charge is 0.304 e. The van der Waals surface area contributed by atoms with Crippen LogP contribution in [0.25, 0.3) is 0 Å². The van der Waals surface area contributed by atoms with Gasteiger partial charge in [0.1, 0.15) is 0 Å². The molecule has 10 heavy (non-hydrogen) atoms. The molecule has 0 bridgehead atoms. The molecule has 1 aliphatic heterocycles. The van der Waals surface area contributed by atoms with E-state index in [-0.39, 0.29) is 0 Å². The van der Waals surface area contributed by atoms with E-state index < -0.39 is 0 Å². The number of hydrogen-bond donors (Lipinski definition) is 0. The van der Waals surface area contributed by atoms with Gasteiger partial charge in [0.05, 0.1) is 0 Å². The smallest absolute Gasteiger partial charge is 0.0107 e. The van der Waals surface area contributed by atoms with Crippen LogP contribution in [0.5, 0.6) is 0 Å². The summed E-state index contributed by atoms with van der Waals surface area (Å²) in [6.45, 7) is 4.93. The van der Waals surface area contributed by atoms with E-state index in [9.17, 15) is 0 Å². The Labute approximate surface area is 63.8 Å². The van der Waals surface area contributed by atoms with E-state index in [2.05, 4.69) is 36.7 Å². The first-order chi connectivity index (χ1) is 4.79. The minimum Gasteiger partial charge on any atom is -0.304 e. The predicted molar refractivity (Wildman–Crippen MR) is 44.9 cm³/mol. The molecular formula is C8H16N2. The van der Waals surface area contributed by atoms with E-state index in [0.717, 1.165) is 0 Å². The van der Waals surface area contributed by atoms with Gasteiger partial charge in [-0.15, -0.1) is 12.8 Å². The van der Waals surface area contributed by atoms with Crippen LogP contribution < -0.4 is 0 Å². The Morgan fingerprint density at radius 2 is 1.00 bits per heavy atom. The number of likely N-dealkylation sites (N-methyl/N-ethyl adjacent to an activating group) is 2. The first-order valence-electron chi connectivity index (χ1n) is 3.49. The summed E-state index contributed by atoms with van der Waals surface area (Å²) in [5, 5.41) is 0. The molecule has 0 amide bonds. The van der Waals surface area contributed by atoms with Gasteiger partial charge in [-0.25, -0.2) is 0 Å². The zero-order valence-corrected chi connectivity index (χ0v) is 6.88. The molecule has 58 valence electrons. The second kappa shape index (κ2) is 5.28. The van der Waals surface area contributed by atoms with Gasteiger partial charge >= 0.3 is 0 Å². The van der Waals surface area contributed by atoms with Gasteiger partial charge in [0.15, 0.2) is 0 Å². The van der Waals surface area contributed by atoms with Gasteiger partial charge in [-0.1, -0.05) is 0 Å². The third-order valence-corrected chi connectivity index (χ3v) is 1.73. The molecule has 0 saturated carbocycles. The Morgan fingerprint density at radius 1 is 0.800 bits per heavy atom. The maximum Gasteiger partial charge on any atom is 0.0107 e. The fourth-order valence-corrected chi connectivity index (χ4v) is 0.906. The molecule has 0 unspecified atom stereocenters. The molecule has 1 fully saturated rings. The van der Waals surface area contributed by atoms with E-state index >= 15 is 0 Å². The van der Waals surface area contributed by atoms with Crippen molar-refractivity contribution in [3.8, 4) is 12.8 Å². The molecule has 0 spiro atoms. The van der Waals surface area contributed by atoms with E-state index in [1.54, 1.807) is 0 Å². The molecule has 0 radical (unpaired) electrons. The minimum atomic E-state index is 1.23. The van der Waals surface area contributed by atoms with Crippen molar-refractivity contribution in [2.75, 3.05) is 40.3 Å². The molecule has 0 aliphatic carbocycles. The highest BCUT2D eigenvalue weighted by atomic mass is 15.2. The SMILES string of the molecule is C#C.CN1CCN(C)CC1. The van der Waals surface area contributed by atoms with Gasteiger partial charge < -0.3 is 9.80 Å². The normalized spacial score (nSPS) is 21.2. The van der Waals surface area contributed by atoms with Gasteiger partial charge in [-0.3, -0.25) is 0 Å². The van der Waals surface area contributed by atoms with Crippen LogP contribution in [0.4, 0.5) is 0 Å². The van der Waals surface area contributed by atoms with Crippen molar-refractivity contribution in [3.63, 3.8) is 0 Å². The first-order valence-corrected chi connectivity index (χ1v) is 3.49. The third kappa shape index (κ3) is 3.49. The highest BCUT2D eigenvalue weighted by molar-refractivity contribution is 4.64. The zero-order chi connectivity index (χ0) is 7.98. The molecule has 2 nitrogen and oxygen atoms in total. The standard InChI is InChI=1S/C6H14N2.C2H2/c1-7-3-5-8(2)6-4-7;1-2/h3-6H2,1-2H3;1-2H. The molecule has 1 aliphatic rings. The summed E-state index contributed by atoms with van der Waals surface area (Å²) in [6, 6.07) is 0. The lowest BCUT2D eigenvalue weighted by atomic mass is 10.4. The van der Waals surface area contributed by atoms with Crippen LogP contribution in [0.15, 0.2) is 0 Å². The number of piperazine rings is 1. The topological polar surface area (TPSA) is 6.48 Å². The number of hydrogen-bond acceptors (Lipinski definition) is 2.